The van der Waals surface area contributed by atoms with Crippen molar-refractivity contribution in [2.75, 3.05) is 19.8 Å². The molecular weight excluding hydrogens is 292 g/mol. The molecule has 7 nitrogen and oxygen atoms in total. The summed E-state index contributed by atoms with van der Waals surface area (Å²) in [5, 5.41) is 9.77. The van der Waals surface area contributed by atoms with Crippen LogP contribution >= 0.6 is 0 Å². The Bertz CT molecular complexity index is 535. The number of ether oxygens (including phenoxy) is 1. The van der Waals surface area contributed by atoms with E-state index in [4.69, 9.17) is 4.74 Å². The van der Waals surface area contributed by atoms with E-state index in [-0.39, 0.29) is 11.1 Å². The van der Waals surface area contributed by atoms with Gasteiger partial charge < -0.3 is 10.1 Å². The molecule has 2 heterocycles. The molecule has 120 valence electrons. The van der Waals surface area contributed by atoms with Gasteiger partial charge in [0.1, 0.15) is 0 Å². The molecule has 3 N–H and O–H groups in total. The molecule has 1 saturated heterocycles. The lowest BCUT2D eigenvalue weighted by Crippen LogP contribution is -2.29. The Kier molecular flexibility index (Phi) is 5.74. The maximum Gasteiger partial charge on any atom is 0.257 e. The van der Waals surface area contributed by atoms with E-state index in [9.17, 15) is 8.42 Å². The number of hydrogen-bond acceptors (Lipinski definition) is 5. The smallest absolute Gasteiger partial charge is 0.257 e. The van der Waals surface area contributed by atoms with Crippen molar-refractivity contribution in [2.24, 2.45) is 5.92 Å². The Hall–Kier alpha value is -0.960. The van der Waals surface area contributed by atoms with Crippen molar-refractivity contribution in [2.45, 2.75) is 44.3 Å². The van der Waals surface area contributed by atoms with Gasteiger partial charge in [-0.1, -0.05) is 13.8 Å². The number of rotatable bonds is 8. The van der Waals surface area contributed by atoms with Crippen molar-refractivity contribution >= 4 is 10.0 Å². The van der Waals surface area contributed by atoms with Crippen LogP contribution in [0.5, 0.6) is 0 Å². The number of sulfonamides is 1. The van der Waals surface area contributed by atoms with Gasteiger partial charge in [-0.25, -0.2) is 13.1 Å². The third-order valence-corrected chi connectivity index (χ3v) is 4.99. The molecule has 1 aromatic rings. The molecular formula is C13H24N4O3S. The molecule has 0 aromatic carbocycles. The molecule has 1 aromatic heterocycles. The van der Waals surface area contributed by atoms with Gasteiger partial charge in [-0.15, -0.1) is 0 Å². The van der Waals surface area contributed by atoms with Crippen molar-refractivity contribution in [3.8, 4) is 0 Å². The zero-order valence-corrected chi connectivity index (χ0v) is 13.4. The van der Waals surface area contributed by atoms with Crippen LogP contribution < -0.4 is 10.0 Å². The van der Waals surface area contributed by atoms with E-state index in [2.05, 4.69) is 20.2 Å². The second-order valence-electron chi connectivity index (χ2n) is 5.68. The molecule has 0 bridgehead atoms. The molecule has 0 radical (unpaired) electrons. The molecule has 0 saturated carbocycles. The fourth-order valence-electron chi connectivity index (χ4n) is 2.25. The number of hydrogen-bond donors (Lipinski definition) is 3. The minimum absolute atomic E-state index is 0.151. The first kappa shape index (κ1) is 16.4. The zero-order chi connectivity index (χ0) is 15.3. The van der Waals surface area contributed by atoms with Crippen LogP contribution in [-0.4, -0.2) is 44.4 Å². The van der Waals surface area contributed by atoms with Crippen LogP contribution in [0.1, 0.15) is 32.3 Å². The summed E-state index contributed by atoms with van der Waals surface area (Å²) < 4.78 is 32.5. The molecule has 1 atom stereocenters. The fraction of sp³-hybridized carbons (Fsp3) is 0.769. The first-order valence-corrected chi connectivity index (χ1v) is 8.80. The van der Waals surface area contributed by atoms with Gasteiger partial charge >= 0.3 is 0 Å². The Balaban J connectivity index is 1.90. The third-order valence-electron chi connectivity index (χ3n) is 3.52. The molecule has 2 rings (SSSR count). The second kappa shape index (κ2) is 7.35. The van der Waals surface area contributed by atoms with Crippen LogP contribution in [-0.2, 0) is 21.3 Å². The Morgan fingerprint density at radius 2 is 2.33 bits per heavy atom. The fourth-order valence-corrected chi connectivity index (χ4v) is 3.43. The number of nitrogens with zero attached hydrogens (tertiary/aromatic N) is 1. The molecule has 8 heteroatoms. The molecule has 0 amide bonds. The lowest BCUT2D eigenvalue weighted by Gasteiger charge is -2.11. The summed E-state index contributed by atoms with van der Waals surface area (Å²) in [6.45, 7) is 6.43. The maximum absolute atomic E-state index is 12.3. The van der Waals surface area contributed by atoms with E-state index < -0.39 is 10.0 Å². The van der Waals surface area contributed by atoms with E-state index >= 15 is 0 Å². The van der Waals surface area contributed by atoms with Crippen molar-refractivity contribution < 1.29 is 13.2 Å². The lowest BCUT2D eigenvalue weighted by atomic mass is 10.1. The minimum atomic E-state index is -3.54. The van der Waals surface area contributed by atoms with Gasteiger partial charge in [-0.3, -0.25) is 5.10 Å². The lowest BCUT2D eigenvalue weighted by molar-refractivity contribution is 0.184. The van der Waals surface area contributed by atoms with Gasteiger partial charge in [0.05, 0.1) is 6.20 Å². The summed E-state index contributed by atoms with van der Waals surface area (Å²) in [5.41, 5.74) is 0.653. The highest BCUT2D eigenvalue weighted by Gasteiger charge is 2.22. The van der Waals surface area contributed by atoms with Crippen LogP contribution in [0.25, 0.3) is 0 Å². The number of aromatic amines is 1. The van der Waals surface area contributed by atoms with E-state index in [1.807, 2.05) is 13.8 Å². The van der Waals surface area contributed by atoms with E-state index in [1.165, 1.54) is 0 Å². The topological polar surface area (TPSA) is 96.1 Å². The Labute approximate surface area is 125 Å². The average molecular weight is 316 g/mol. The quantitative estimate of drug-likeness (QED) is 0.653. The van der Waals surface area contributed by atoms with Crippen LogP contribution in [0, 0.1) is 5.92 Å². The molecule has 0 aliphatic carbocycles. The average Bonchev–Trinajstić information content (AvgIpc) is 3.07. The highest BCUT2D eigenvalue weighted by atomic mass is 32.2. The van der Waals surface area contributed by atoms with Crippen molar-refractivity contribution in [3.05, 3.63) is 11.8 Å². The van der Waals surface area contributed by atoms with Gasteiger partial charge in [0.25, 0.3) is 10.0 Å². The molecule has 1 aliphatic heterocycles. The Morgan fingerprint density at radius 1 is 1.52 bits per heavy atom. The summed E-state index contributed by atoms with van der Waals surface area (Å²) in [6.07, 6.45) is 3.36. The van der Waals surface area contributed by atoms with Gasteiger partial charge in [-0.05, 0) is 18.8 Å². The predicted octanol–water partition coefficient (Wildman–Crippen LogP) is 0.613. The highest BCUT2D eigenvalue weighted by Crippen LogP contribution is 2.16. The molecule has 21 heavy (non-hydrogen) atoms. The first-order valence-electron chi connectivity index (χ1n) is 7.32. The molecule has 1 unspecified atom stereocenters. The van der Waals surface area contributed by atoms with Gasteiger partial charge in [0, 0.05) is 37.9 Å². The summed E-state index contributed by atoms with van der Waals surface area (Å²) in [4.78, 5) is 0. The standard InChI is InChI=1S/C13H24N4O3S/c1-10(2)14-7-12-8-15-17-13(12)21(18,19)16-5-3-11-4-6-20-9-11/h8,10-11,14,16H,3-7,9H2,1-2H3,(H,15,17). The largest absolute Gasteiger partial charge is 0.381 e. The Morgan fingerprint density at radius 3 is 3.00 bits per heavy atom. The van der Waals surface area contributed by atoms with E-state index in [1.54, 1.807) is 6.20 Å². The number of aromatic nitrogens is 2. The zero-order valence-electron chi connectivity index (χ0n) is 12.6. The number of nitrogens with one attached hydrogen (secondary N) is 3. The van der Waals surface area contributed by atoms with Crippen LogP contribution in [0.15, 0.2) is 11.2 Å². The van der Waals surface area contributed by atoms with Crippen LogP contribution in [0.2, 0.25) is 0 Å². The highest BCUT2D eigenvalue weighted by molar-refractivity contribution is 7.89. The van der Waals surface area contributed by atoms with Crippen molar-refractivity contribution in [1.82, 2.24) is 20.2 Å². The second-order valence-corrected chi connectivity index (χ2v) is 7.38. The van der Waals surface area contributed by atoms with Gasteiger partial charge in [-0.2, -0.15) is 5.10 Å². The third kappa shape index (κ3) is 4.77. The summed E-state index contributed by atoms with van der Waals surface area (Å²) in [5.74, 6) is 0.455. The molecule has 1 aliphatic rings. The van der Waals surface area contributed by atoms with Gasteiger partial charge in [0.2, 0.25) is 0 Å². The van der Waals surface area contributed by atoms with Crippen LogP contribution in [0.4, 0.5) is 0 Å². The number of H-pyrrole nitrogens is 1. The summed E-state index contributed by atoms with van der Waals surface area (Å²) >= 11 is 0. The monoisotopic (exact) mass is 316 g/mol. The molecule has 1 fully saturated rings. The normalized spacial score (nSPS) is 19.5. The summed E-state index contributed by atoms with van der Waals surface area (Å²) in [7, 11) is -3.54. The van der Waals surface area contributed by atoms with Gasteiger partial charge in [0.15, 0.2) is 5.03 Å². The maximum atomic E-state index is 12.3. The molecule has 0 spiro atoms. The van der Waals surface area contributed by atoms with Crippen LogP contribution in [0.3, 0.4) is 0 Å². The van der Waals surface area contributed by atoms with E-state index in [0.717, 1.165) is 26.1 Å². The van der Waals surface area contributed by atoms with Crippen molar-refractivity contribution in [1.29, 1.82) is 0 Å². The van der Waals surface area contributed by atoms with E-state index in [0.29, 0.717) is 24.6 Å². The minimum Gasteiger partial charge on any atom is -0.381 e. The summed E-state index contributed by atoms with van der Waals surface area (Å²) in [6, 6.07) is 0.283. The first-order chi connectivity index (χ1) is 9.99. The SMILES string of the molecule is CC(C)NCc1cn[nH]c1S(=O)(=O)NCCC1CCOC1. The predicted molar refractivity (Wildman–Crippen MR) is 79.3 cm³/mol. The van der Waals surface area contributed by atoms with Crippen molar-refractivity contribution in [3.63, 3.8) is 0 Å².